The quantitative estimate of drug-likeness (QED) is 0.753. The molecule has 112 valence electrons. The molecule has 1 fully saturated rings. The third kappa shape index (κ3) is 3.78. The van der Waals surface area contributed by atoms with Gasteiger partial charge in [-0.1, -0.05) is 0 Å². The van der Waals surface area contributed by atoms with Gasteiger partial charge in [-0.3, -0.25) is 4.79 Å². The largest absolute Gasteiger partial charge is 0.378 e. The molecule has 7 heteroatoms. The van der Waals surface area contributed by atoms with Crippen molar-refractivity contribution in [3.05, 3.63) is 22.6 Å². The fraction of sp³-hybridized carbons (Fsp3) is 0.692. The lowest BCUT2D eigenvalue weighted by atomic mass is 10.3. The topological polar surface area (TPSA) is 82.6 Å². The summed E-state index contributed by atoms with van der Waals surface area (Å²) < 4.78 is 12.1. The number of hydrogen-bond acceptors (Lipinski definition) is 6. The van der Waals surface area contributed by atoms with E-state index in [9.17, 15) is 4.79 Å². The van der Waals surface area contributed by atoms with Gasteiger partial charge >= 0.3 is 0 Å². The Bertz CT molecular complexity index is 471. The highest BCUT2D eigenvalue weighted by atomic mass is 16.5. The summed E-state index contributed by atoms with van der Waals surface area (Å²) in [5.41, 5.74) is 6.32. The summed E-state index contributed by atoms with van der Waals surface area (Å²) in [7, 11) is 0. The summed E-state index contributed by atoms with van der Waals surface area (Å²) in [6, 6.07) is 1.61. The number of morpholine rings is 1. The maximum atomic E-state index is 12.1. The number of rotatable bonds is 6. The van der Waals surface area contributed by atoms with Crippen LogP contribution in [0.25, 0.3) is 0 Å². The third-order valence-corrected chi connectivity index (χ3v) is 3.27. The first-order valence-electron chi connectivity index (χ1n) is 6.96. The predicted molar refractivity (Wildman–Crippen MR) is 76.0 cm³/mol. The normalized spacial score (nSPS) is 17.2. The van der Waals surface area contributed by atoms with Crippen LogP contribution in [0.2, 0.25) is 0 Å². The molecular weight excluding hydrogens is 260 g/mol. The Morgan fingerprint density at radius 3 is 2.85 bits per heavy atom. The lowest BCUT2D eigenvalue weighted by Gasteiger charge is -2.28. The maximum absolute atomic E-state index is 12.1. The molecule has 0 bridgehead atoms. The highest BCUT2D eigenvalue weighted by molar-refractivity contribution is 5.43. The first-order chi connectivity index (χ1) is 9.74. The van der Waals surface area contributed by atoms with E-state index in [4.69, 9.17) is 15.2 Å². The molecule has 2 heterocycles. The zero-order chi connectivity index (χ0) is 14.4. The average molecular weight is 282 g/mol. The second kappa shape index (κ2) is 7.37. The highest BCUT2D eigenvalue weighted by Crippen LogP contribution is 2.11. The number of ether oxygens (including phenoxy) is 2. The molecule has 1 atom stereocenters. The Balaban J connectivity index is 2.07. The molecule has 0 saturated carbocycles. The Hall–Kier alpha value is -1.44. The highest BCUT2D eigenvalue weighted by Gasteiger charge is 2.14. The van der Waals surface area contributed by atoms with Gasteiger partial charge in [-0.25, -0.2) is 4.68 Å². The van der Waals surface area contributed by atoms with Crippen LogP contribution in [-0.2, 0) is 16.0 Å². The van der Waals surface area contributed by atoms with E-state index in [0.717, 1.165) is 18.8 Å². The van der Waals surface area contributed by atoms with Gasteiger partial charge in [0.25, 0.3) is 5.56 Å². The fourth-order valence-corrected chi connectivity index (χ4v) is 2.18. The minimum Gasteiger partial charge on any atom is -0.378 e. The Morgan fingerprint density at radius 1 is 1.50 bits per heavy atom. The first-order valence-corrected chi connectivity index (χ1v) is 6.96. The van der Waals surface area contributed by atoms with Crippen LogP contribution in [0.15, 0.2) is 17.1 Å². The summed E-state index contributed by atoms with van der Waals surface area (Å²) in [5.74, 6) is 0. The van der Waals surface area contributed by atoms with Gasteiger partial charge < -0.3 is 20.1 Å². The van der Waals surface area contributed by atoms with Crippen LogP contribution in [0.4, 0.5) is 5.69 Å². The van der Waals surface area contributed by atoms with E-state index < -0.39 is 0 Å². The molecule has 1 aliphatic rings. The lowest BCUT2D eigenvalue weighted by Crippen LogP contribution is -2.38. The van der Waals surface area contributed by atoms with Crippen molar-refractivity contribution < 1.29 is 9.47 Å². The van der Waals surface area contributed by atoms with Gasteiger partial charge in [0.05, 0.1) is 37.7 Å². The second-order valence-corrected chi connectivity index (χ2v) is 4.65. The SMILES string of the molecule is CCOC(CN)Cn1ncc(N2CCOCC2)cc1=O. The molecule has 7 nitrogen and oxygen atoms in total. The number of hydrogen-bond donors (Lipinski definition) is 1. The molecule has 1 aromatic rings. The first kappa shape index (κ1) is 15.0. The van der Waals surface area contributed by atoms with E-state index >= 15 is 0 Å². The van der Waals surface area contributed by atoms with Gasteiger partial charge in [0, 0.05) is 32.3 Å². The van der Waals surface area contributed by atoms with Crippen molar-refractivity contribution >= 4 is 5.69 Å². The number of nitrogens with two attached hydrogens (primary N) is 1. The van der Waals surface area contributed by atoms with Crippen LogP contribution in [0.3, 0.4) is 0 Å². The molecule has 1 aromatic heterocycles. The summed E-state index contributed by atoms with van der Waals surface area (Å²) in [4.78, 5) is 14.2. The average Bonchev–Trinajstić information content (AvgIpc) is 2.49. The van der Waals surface area contributed by atoms with Crippen molar-refractivity contribution in [1.82, 2.24) is 9.78 Å². The molecule has 20 heavy (non-hydrogen) atoms. The Kier molecular flexibility index (Phi) is 5.51. The molecule has 0 aliphatic carbocycles. The van der Waals surface area contributed by atoms with Gasteiger partial charge in [0.2, 0.25) is 0 Å². The third-order valence-electron chi connectivity index (χ3n) is 3.27. The zero-order valence-electron chi connectivity index (χ0n) is 11.8. The molecular formula is C13H22N4O3. The van der Waals surface area contributed by atoms with E-state index in [1.165, 1.54) is 4.68 Å². The molecule has 1 aliphatic heterocycles. The van der Waals surface area contributed by atoms with Crippen molar-refractivity contribution in [2.24, 2.45) is 5.73 Å². The van der Waals surface area contributed by atoms with Gasteiger partial charge in [-0.15, -0.1) is 0 Å². The van der Waals surface area contributed by atoms with E-state index in [-0.39, 0.29) is 11.7 Å². The fourth-order valence-electron chi connectivity index (χ4n) is 2.18. The standard InChI is InChI=1S/C13H22N4O3/c1-2-20-12(8-14)10-17-13(18)7-11(9-15-17)16-3-5-19-6-4-16/h7,9,12H,2-6,8,10,14H2,1H3. The molecule has 0 aromatic carbocycles. The summed E-state index contributed by atoms with van der Waals surface area (Å²) in [6.07, 6.45) is 1.53. The maximum Gasteiger partial charge on any atom is 0.268 e. The minimum absolute atomic E-state index is 0.132. The van der Waals surface area contributed by atoms with Gasteiger partial charge in [0.1, 0.15) is 0 Å². The van der Waals surface area contributed by atoms with Crippen LogP contribution in [-0.4, -0.2) is 55.3 Å². The van der Waals surface area contributed by atoms with E-state index in [1.54, 1.807) is 12.3 Å². The molecule has 1 saturated heterocycles. The van der Waals surface area contributed by atoms with Crippen LogP contribution in [0.5, 0.6) is 0 Å². The Morgan fingerprint density at radius 2 is 2.25 bits per heavy atom. The van der Waals surface area contributed by atoms with Crippen molar-refractivity contribution in [2.45, 2.75) is 19.6 Å². The van der Waals surface area contributed by atoms with Gasteiger partial charge in [-0.05, 0) is 6.92 Å². The summed E-state index contributed by atoms with van der Waals surface area (Å²) in [5, 5.41) is 4.21. The molecule has 0 amide bonds. The molecule has 1 unspecified atom stereocenters. The molecule has 2 N–H and O–H groups in total. The Labute approximate surface area is 118 Å². The molecule has 0 radical (unpaired) electrons. The van der Waals surface area contributed by atoms with Crippen LogP contribution < -0.4 is 16.2 Å². The molecule has 2 rings (SSSR count). The lowest BCUT2D eigenvalue weighted by molar-refractivity contribution is 0.0531. The minimum atomic E-state index is -0.181. The van der Waals surface area contributed by atoms with E-state index in [2.05, 4.69) is 10.00 Å². The summed E-state index contributed by atoms with van der Waals surface area (Å²) >= 11 is 0. The van der Waals surface area contributed by atoms with Crippen molar-refractivity contribution in [2.75, 3.05) is 44.4 Å². The van der Waals surface area contributed by atoms with E-state index in [0.29, 0.717) is 32.9 Å². The second-order valence-electron chi connectivity index (χ2n) is 4.65. The monoisotopic (exact) mass is 282 g/mol. The van der Waals surface area contributed by atoms with Crippen LogP contribution in [0.1, 0.15) is 6.92 Å². The smallest absolute Gasteiger partial charge is 0.268 e. The van der Waals surface area contributed by atoms with Crippen LogP contribution >= 0.6 is 0 Å². The van der Waals surface area contributed by atoms with E-state index in [1.807, 2.05) is 6.92 Å². The number of nitrogens with zero attached hydrogens (tertiary/aromatic N) is 3. The van der Waals surface area contributed by atoms with Gasteiger partial charge in [-0.2, -0.15) is 5.10 Å². The van der Waals surface area contributed by atoms with Crippen molar-refractivity contribution in [3.63, 3.8) is 0 Å². The summed E-state index contributed by atoms with van der Waals surface area (Å²) in [6.45, 7) is 6.17. The number of aromatic nitrogens is 2. The number of anilines is 1. The molecule has 0 spiro atoms. The zero-order valence-corrected chi connectivity index (χ0v) is 11.8. The predicted octanol–water partition coefficient (Wildman–Crippen LogP) is -0.556. The van der Waals surface area contributed by atoms with Crippen molar-refractivity contribution in [1.29, 1.82) is 0 Å². The van der Waals surface area contributed by atoms with Crippen LogP contribution in [0, 0.1) is 0 Å². The van der Waals surface area contributed by atoms with Crippen molar-refractivity contribution in [3.8, 4) is 0 Å². The van der Waals surface area contributed by atoms with Gasteiger partial charge in [0.15, 0.2) is 0 Å².